The number of rotatable bonds is 63. The van der Waals surface area contributed by atoms with E-state index in [0.717, 1.165) is 25.7 Å². The fourth-order valence-corrected chi connectivity index (χ4v) is 8.48. The van der Waals surface area contributed by atoms with Gasteiger partial charge in [-0.1, -0.05) is 27.7 Å². The molecule has 0 aromatic carbocycles. The minimum Gasteiger partial charge on any atom is -0.379 e. The molecule has 7 amide bonds. The average Bonchev–Trinajstić information content (AvgIpc) is 0.801. The van der Waals surface area contributed by atoms with E-state index in [4.69, 9.17) is 61.6 Å². The third kappa shape index (κ3) is 74.0. The van der Waals surface area contributed by atoms with Gasteiger partial charge in [-0.05, 0) is 25.7 Å². The predicted molar refractivity (Wildman–Crippen MR) is 369 cm³/mol. The first-order valence-corrected chi connectivity index (χ1v) is 36.9. The standard InChI is InChI=1S/C58H102F9N7O20.3C3F6O/c1-5-13-82-21-29-90-33-25-86-17-9-68-48(75)37-72(38-49(76)69-10-18-87-26-34-91-30-22-83-14-6-2)52(79)41-74(54(81)43-94-47-55(44-56(59,60)61,45-57(62,63)64)46-58(65,66)67)42-53(80)73(39-50(77)70-11-19-88-27-35-92-31-23-84-15-7-3)40-51(78)71-12-20-89-28-36-93-32-24-85-16-8-4;3*4-2(5,6)1(10)3(7,8)9/h5-47H2,1-4H3,(H,68,75)(H,69,76)(H,70,77)(H,71,78);;;. The third-order valence-electron chi connectivity index (χ3n) is 13.6. The Balaban J connectivity index is -0.00000200. The lowest BCUT2D eigenvalue weighted by Crippen LogP contribution is -2.54. The zero-order valence-corrected chi connectivity index (χ0v) is 67.3. The number of carbonyl (C=O) groups excluding carboxylic acids is 10. The van der Waals surface area contributed by atoms with Crippen molar-refractivity contribution in [2.75, 3.05) is 237 Å². The summed E-state index contributed by atoms with van der Waals surface area (Å²) in [4.78, 5) is 126. The highest BCUT2D eigenvalue weighted by Crippen LogP contribution is 2.48. The maximum atomic E-state index is 14.4. The number of hydrogen-bond donors (Lipinski definition) is 4. The summed E-state index contributed by atoms with van der Waals surface area (Å²) in [6, 6.07) is 0. The normalized spacial score (nSPS) is 12.3. The van der Waals surface area contributed by atoms with E-state index in [1.54, 1.807) is 0 Å². The number of Topliss-reactive ketones (excluding diaryl/α,β-unsaturated/α-hetero) is 3. The third-order valence-corrected chi connectivity index (χ3v) is 13.6. The van der Waals surface area contributed by atoms with Crippen LogP contribution in [-0.2, 0) is 110 Å². The van der Waals surface area contributed by atoms with Crippen molar-refractivity contribution in [3.8, 4) is 0 Å². The Hall–Kier alpha value is -7.11. The second-order valence-corrected chi connectivity index (χ2v) is 24.8. The minimum absolute atomic E-state index is 0.0707. The first-order valence-electron chi connectivity index (χ1n) is 36.9. The van der Waals surface area contributed by atoms with Gasteiger partial charge in [0.05, 0.1) is 158 Å². The molecule has 0 radical (unpaired) electrons. The predicted octanol–water partition coefficient (Wildman–Crippen LogP) is 7.68. The van der Waals surface area contributed by atoms with E-state index < -0.39 is 191 Å². The van der Waals surface area contributed by atoms with Crippen LogP contribution in [0.25, 0.3) is 0 Å². The summed E-state index contributed by atoms with van der Waals surface area (Å²) in [5, 5.41) is 9.92. The van der Waals surface area contributed by atoms with Crippen LogP contribution in [0.5, 0.6) is 0 Å². The molecule has 0 saturated carbocycles. The molecule has 0 aliphatic heterocycles. The quantitative estimate of drug-likeness (QED) is 0.0335. The molecule has 0 atom stereocenters. The van der Waals surface area contributed by atoms with E-state index in [-0.39, 0.29) is 105 Å². The summed E-state index contributed by atoms with van der Waals surface area (Å²) in [6.45, 7) is 2.81. The van der Waals surface area contributed by atoms with Gasteiger partial charge in [-0.15, -0.1) is 0 Å². The van der Waals surface area contributed by atoms with Crippen molar-refractivity contribution in [1.29, 1.82) is 0 Å². The van der Waals surface area contributed by atoms with Gasteiger partial charge < -0.3 is 97.5 Å². The second kappa shape index (κ2) is 66.3. The van der Waals surface area contributed by atoms with Crippen molar-refractivity contribution in [2.24, 2.45) is 5.41 Å². The minimum atomic E-state index is -5.82. The number of carbonyl (C=O) groups is 10. The molecule has 0 spiro atoms. The van der Waals surface area contributed by atoms with Crippen LogP contribution in [0.4, 0.5) is 119 Å². The van der Waals surface area contributed by atoms with Crippen molar-refractivity contribution in [3.63, 3.8) is 0 Å². The molecule has 0 aromatic heterocycles. The summed E-state index contributed by atoms with van der Waals surface area (Å²) >= 11 is 0. The Kier molecular flexibility index (Phi) is 65.9. The highest BCUT2D eigenvalue weighted by molar-refractivity contribution is 5.95. The smallest absolute Gasteiger partial charge is 0.379 e. The van der Waals surface area contributed by atoms with Crippen molar-refractivity contribution >= 4 is 58.7 Å². The van der Waals surface area contributed by atoms with E-state index >= 15 is 0 Å². The zero-order chi connectivity index (χ0) is 95.9. The van der Waals surface area contributed by atoms with Gasteiger partial charge in [-0.3, -0.25) is 47.9 Å². The Morgan fingerprint density at radius 2 is 0.395 bits per heavy atom. The number of amides is 7. The van der Waals surface area contributed by atoms with Crippen LogP contribution in [0.1, 0.15) is 72.6 Å². The molecule has 732 valence electrons. The summed E-state index contributed by atoms with van der Waals surface area (Å²) in [7, 11) is 0. The van der Waals surface area contributed by atoms with Gasteiger partial charge in [0.2, 0.25) is 41.4 Å². The summed E-state index contributed by atoms with van der Waals surface area (Å²) in [5.74, 6) is -18.9. The van der Waals surface area contributed by atoms with Gasteiger partial charge in [-0.25, -0.2) is 0 Å². The lowest BCUT2D eigenvalue weighted by atomic mass is 9.78. The average molecular weight is 1890 g/mol. The first kappa shape index (κ1) is 123. The number of alkyl halides is 27. The van der Waals surface area contributed by atoms with Gasteiger partial charge in [0, 0.05) is 58.0 Å². The van der Waals surface area contributed by atoms with Gasteiger partial charge in [0.25, 0.3) is 0 Å². The number of nitrogens with one attached hydrogen (secondary N) is 4. The maximum Gasteiger partial charge on any atom is 0.459 e. The van der Waals surface area contributed by atoms with Crippen LogP contribution in [-0.4, -0.2) is 366 Å². The Morgan fingerprint density at radius 1 is 0.226 bits per heavy atom. The van der Waals surface area contributed by atoms with Gasteiger partial charge in [0.1, 0.15) is 45.9 Å². The fraction of sp³-hybridized carbons (Fsp3) is 0.851. The van der Waals surface area contributed by atoms with Crippen molar-refractivity contribution < 1.29 is 228 Å². The first-order chi connectivity index (χ1) is 57.2. The lowest BCUT2D eigenvalue weighted by molar-refractivity contribution is -0.235. The Morgan fingerprint density at radius 3 is 0.556 bits per heavy atom. The zero-order valence-electron chi connectivity index (χ0n) is 67.3. The van der Waals surface area contributed by atoms with Crippen LogP contribution in [0.3, 0.4) is 0 Å². The highest BCUT2D eigenvalue weighted by Gasteiger charge is 2.58. The largest absolute Gasteiger partial charge is 0.459 e. The SMILES string of the molecule is CCCOCCOCCOCCNC(=O)CN(CC(=O)NCCOCCOCCOCCC)C(=O)CN(CC(=O)N(CC(=O)NCCOCCOCCOCCC)CC(=O)NCCOCCOCCOCCC)C(=O)COCC(CC(F)(F)F)(CC(F)(F)F)CC(F)(F)F.O=C(C(F)(F)F)C(F)(F)F.O=C(C(F)(F)F)C(F)(F)F.O=C(C(F)(F)F)C(F)(F)F. The molecule has 57 heteroatoms. The van der Waals surface area contributed by atoms with E-state index in [0.29, 0.717) is 94.0 Å². The van der Waals surface area contributed by atoms with E-state index in [1.807, 2.05) is 27.7 Å². The molecular formula is C67H102F27N7O23. The molecule has 0 aliphatic rings. The van der Waals surface area contributed by atoms with Crippen LogP contribution in [0.2, 0.25) is 0 Å². The number of ketones is 3. The molecule has 0 saturated heterocycles. The summed E-state index contributed by atoms with van der Waals surface area (Å²) in [6.07, 6.45) is -56.6. The molecule has 0 aromatic rings. The molecule has 0 heterocycles. The monoisotopic (exact) mass is 1890 g/mol. The summed E-state index contributed by atoms with van der Waals surface area (Å²) < 4.78 is 390. The van der Waals surface area contributed by atoms with Gasteiger partial charge in [-0.2, -0.15) is 119 Å². The fourth-order valence-electron chi connectivity index (χ4n) is 8.48. The Labute approximate surface area is 692 Å². The number of nitrogens with zero attached hydrogens (tertiary/aromatic N) is 3. The van der Waals surface area contributed by atoms with Gasteiger partial charge in [0.15, 0.2) is 0 Å². The van der Waals surface area contributed by atoms with Crippen molar-refractivity contribution in [1.82, 2.24) is 36.0 Å². The van der Waals surface area contributed by atoms with E-state index in [2.05, 4.69) is 21.3 Å². The van der Waals surface area contributed by atoms with Crippen molar-refractivity contribution in [3.05, 3.63) is 0 Å². The molecule has 0 aliphatic carbocycles. The second-order valence-electron chi connectivity index (χ2n) is 24.8. The molecule has 0 unspecified atom stereocenters. The number of ether oxygens (including phenoxy) is 13. The van der Waals surface area contributed by atoms with E-state index in [1.165, 1.54) is 0 Å². The van der Waals surface area contributed by atoms with Crippen LogP contribution in [0, 0.1) is 5.41 Å². The summed E-state index contributed by atoms with van der Waals surface area (Å²) in [5.41, 5.74) is -3.78. The number of halogens is 27. The molecule has 4 N–H and O–H groups in total. The molecule has 0 fully saturated rings. The van der Waals surface area contributed by atoms with Crippen LogP contribution in [0.15, 0.2) is 0 Å². The van der Waals surface area contributed by atoms with Crippen LogP contribution >= 0.6 is 0 Å². The topological polar surface area (TPSA) is 349 Å². The molecule has 0 rings (SSSR count). The van der Waals surface area contributed by atoms with Gasteiger partial charge >= 0.3 is 72.9 Å². The lowest BCUT2D eigenvalue weighted by Gasteiger charge is -2.36. The Bertz CT molecular complexity index is 2580. The number of hydrogen-bond acceptors (Lipinski definition) is 23. The molecular weight excluding hydrogens is 1780 g/mol. The molecule has 30 nitrogen and oxygen atoms in total. The van der Waals surface area contributed by atoms with Crippen LogP contribution < -0.4 is 21.3 Å². The highest BCUT2D eigenvalue weighted by atomic mass is 19.4. The maximum absolute atomic E-state index is 14.4. The molecule has 124 heavy (non-hydrogen) atoms. The van der Waals surface area contributed by atoms with E-state index in [9.17, 15) is 166 Å². The van der Waals surface area contributed by atoms with Crippen molar-refractivity contribution in [2.45, 2.75) is 128 Å². The molecule has 0 bridgehead atoms.